The molecule has 1 aromatic carbocycles. The predicted octanol–water partition coefficient (Wildman–Crippen LogP) is 2.45. The molecule has 2 heterocycles. The third kappa shape index (κ3) is 2.14. The largest absolute Gasteiger partial charge is 0.404 e. The minimum Gasteiger partial charge on any atom is -0.404 e. The van der Waals surface area contributed by atoms with Gasteiger partial charge in [0.1, 0.15) is 5.82 Å². The van der Waals surface area contributed by atoms with Gasteiger partial charge in [-0.25, -0.2) is 4.39 Å². The molecule has 2 aromatic rings. The van der Waals surface area contributed by atoms with E-state index in [4.69, 9.17) is 10.2 Å². The highest BCUT2D eigenvalue weighted by atomic mass is 19.1. The van der Waals surface area contributed by atoms with Gasteiger partial charge in [0, 0.05) is 18.2 Å². The van der Waals surface area contributed by atoms with Crippen LogP contribution in [-0.4, -0.2) is 22.8 Å². The Labute approximate surface area is 110 Å². The van der Waals surface area contributed by atoms with Crippen LogP contribution in [-0.2, 0) is 0 Å². The summed E-state index contributed by atoms with van der Waals surface area (Å²) < 4.78 is 19.3. The highest BCUT2D eigenvalue weighted by molar-refractivity contribution is 5.61. The summed E-state index contributed by atoms with van der Waals surface area (Å²) in [5, 5.41) is 7.31. The van der Waals surface area contributed by atoms with Crippen molar-refractivity contribution in [3.8, 4) is 11.5 Å². The second kappa shape index (κ2) is 4.53. The Morgan fingerprint density at radius 3 is 2.84 bits per heavy atom. The summed E-state index contributed by atoms with van der Waals surface area (Å²) in [6, 6.07) is 5.29. The van der Waals surface area contributed by atoms with Gasteiger partial charge in [0.15, 0.2) is 0 Å². The molecule has 1 aliphatic heterocycles. The fraction of sp³-hybridized carbons (Fsp3) is 0.385. The molecule has 5 nitrogen and oxygen atoms in total. The molecule has 1 unspecified atom stereocenters. The first-order valence-corrected chi connectivity index (χ1v) is 6.30. The summed E-state index contributed by atoms with van der Waals surface area (Å²) in [6.45, 7) is 3.00. The van der Waals surface area contributed by atoms with Crippen LogP contribution in [0.15, 0.2) is 22.6 Å². The number of nitrogen functional groups attached to an aromatic ring is 1. The summed E-state index contributed by atoms with van der Waals surface area (Å²) in [7, 11) is 0. The van der Waals surface area contributed by atoms with Crippen molar-refractivity contribution in [2.75, 3.05) is 17.2 Å². The van der Waals surface area contributed by atoms with Gasteiger partial charge in [-0.15, -0.1) is 5.10 Å². The molecule has 1 fully saturated rings. The lowest BCUT2D eigenvalue weighted by Crippen LogP contribution is -2.27. The molecule has 2 N–H and O–H groups in total. The number of aromatic nitrogens is 2. The molecule has 6 heteroatoms. The summed E-state index contributed by atoms with van der Waals surface area (Å²) in [5.74, 6) is -0.0413. The average molecular weight is 262 g/mol. The molecule has 0 spiro atoms. The molecule has 0 aliphatic carbocycles. The zero-order chi connectivity index (χ0) is 13.4. The minimum atomic E-state index is -0.275. The van der Waals surface area contributed by atoms with E-state index < -0.39 is 0 Å². The van der Waals surface area contributed by atoms with Crippen LogP contribution in [0.4, 0.5) is 16.1 Å². The Kier molecular flexibility index (Phi) is 2.85. The number of hydrogen-bond donors (Lipinski definition) is 1. The molecule has 1 aromatic heterocycles. The van der Waals surface area contributed by atoms with E-state index >= 15 is 0 Å². The lowest BCUT2D eigenvalue weighted by molar-refractivity contribution is 0.586. The maximum absolute atomic E-state index is 14.2. The van der Waals surface area contributed by atoms with E-state index in [1.807, 2.05) is 0 Å². The lowest BCUT2D eigenvalue weighted by Gasteiger charge is -2.24. The van der Waals surface area contributed by atoms with Crippen LogP contribution in [0.3, 0.4) is 0 Å². The SMILES string of the molecule is CC1CCCN1c1ccc(-c2nnc(N)o2)cc1F. The molecule has 100 valence electrons. The van der Waals surface area contributed by atoms with Crippen molar-refractivity contribution in [1.82, 2.24) is 10.2 Å². The van der Waals surface area contributed by atoms with E-state index in [9.17, 15) is 4.39 Å². The van der Waals surface area contributed by atoms with E-state index in [2.05, 4.69) is 22.0 Å². The van der Waals surface area contributed by atoms with Crippen LogP contribution in [0.2, 0.25) is 0 Å². The van der Waals surface area contributed by atoms with Gasteiger partial charge in [-0.2, -0.15) is 0 Å². The summed E-state index contributed by atoms with van der Waals surface area (Å²) >= 11 is 0. The smallest absolute Gasteiger partial charge is 0.313 e. The van der Waals surface area contributed by atoms with E-state index in [1.165, 1.54) is 6.07 Å². The summed E-state index contributed by atoms with van der Waals surface area (Å²) in [5.41, 5.74) is 6.52. The Morgan fingerprint density at radius 2 is 2.26 bits per heavy atom. The number of halogens is 1. The zero-order valence-corrected chi connectivity index (χ0v) is 10.6. The van der Waals surface area contributed by atoms with Crippen molar-refractivity contribution in [2.24, 2.45) is 0 Å². The Bertz CT molecular complexity index is 598. The molecule has 1 aliphatic rings. The highest BCUT2D eigenvalue weighted by Crippen LogP contribution is 2.30. The van der Waals surface area contributed by atoms with Gasteiger partial charge in [0.2, 0.25) is 5.89 Å². The normalized spacial score (nSPS) is 19.1. The first kappa shape index (κ1) is 12.0. The van der Waals surface area contributed by atoms with Crippen molar-refractivity contribution < 1.29 is 8.81 Å². The van der Waals surface area contributed by atoms with Crippen molar-refractivity contribution in [3.63, 3.8) is 0 Å². The van der Waals surface area contributed by atoms with Gasteiger partial charge in [-0.1, -0.05) is 5.10 Å². The fourth-order valence-electron chi connectivity index (χ4n) is 2.52. The molecule has 0 radical (unpaired) electrons. The van der Waals surface area contributed by atoms with Crippen LogP contribution < -0.4 is 10.6 Å². The van der Waals surface area contributed by atoms with E-state index in [0.29, 0.717) is 17.3 Å². The van der Waals surface area contributed by atoms with Gasteiger partial charge >= 0.3 is 6.01 Å². The first-order valence-electron chi connectivity index (χ1n) is 6.30. The van der Waals surface area contributed by atoms with Crippen LogP contribution in [0, 0.1) is 5.82 Å². The zero-order valence-electron chi connectivity index (χ0n) is 10.6. The molecule has 1 atom stereocenters. The average Bonchev–Trinajstić information content (AvgIpc) is 2.98. The Balaban J connectivity index is 1.93. The molecule has 1 saturated heterocycles. The van der Waals surface area contributed by atoms with Crippen molar-refractivity contribution in [2.45, 2.75) is 25.8 Å². The minimum absolute atomic E-state index is 0.0207. The maximum Gasteiger partial charge on any atom is 0.313 e. The number of nitrogens with two attached hydrogens (primary N) is 1. The number of benzene rings is 1. The number of rotatable bonds is 2. The van der Waals surface area contributed by atoms with Gasteiger partial charge < -0.3 is 15.1 Å². The van der Waals surface area contributed by atoms with Gasteiger partial charge in [-0.05, 0) is 38.0 Å². The molecule has 0 saturated carbocycles. The monoisotopic (exact) mass is 262 g/mol. The van der Waals surface area contributed by atoms with Gasteiger partial charge in [0.25, 0.3) is 0 Å². The molecular formula is C13H15FN4O. The van der Waals surface area contributed by atoms with Gasteiger partial charge in [-0.3, -0.25) is 0 Å². The molecule has 0 amide bonds. The van der Waals surface area contributed by atoms with Gasteiger partial charge in [0.05, 0.1) is 5.69 Å². The highest BCUT2D eigenvalue weighted by Gasteiger charge is 2.23. The second-order valence-corrected chi connectivity index (χ2v) is 4.80. The van der Waals surface area contributed by atoms with E-state index in [0.717, 1.165) is 19.4 Å². The van der Waals surface area contributed by atoms with Crippen LogP contribution in [0.1, 0.15) is 19.8 Å². The maximum atomic E-state index is 14.2. The lowest BCUT2D eigenvalue weighted by atomic mass is 10.1. The molecule has 3 rings (SSSR count). The number of anilines is 2. The van der Waals surface area contributed by atoms with E-state index in [1.54, 1.807) is 12.1 Å². The van der Waals surface area contributed by atoms with Crippen molar-refractivity contribution >= 4 is 11.7 Å². The molecular weight excluding hydrogens is 247 g/mol. The standard InChI is InChI=1S/C13H15FN4O/c1-8-3-2-6-18(8)11-5-4-9(7-10(11)14)12-16-17-13(15)19-12/h4-5,7-8H,2-3,6H2,1H3,(H2,15,17). The topological polar surface area (TPSA) is 68.2 Å². The fourth-order valence-corrected chi connectivity index (χ4v) is 2.52. The third-order valence-electron chi connectivity index (χ3n) is 3.50. The molecule has 0 bridgehead atoms. The quantitative estimate of drug-likeness (QED) is 0.900. The second-order valence-electron chi connectivity index (χ2n) is 4.80. The number of nitrogens with zero attached hydrogens (tertiary/aromatic N) is 3. The third-order valence-corrected chi connectivity index (χ3v) is 3.50. The van der Waals surface area contributed by atoms with Crippen molar-refractivity contribution in [1.29, 1.82) is 0 Å². The number of hydrogen-bond acceptors (Lipinski definition) is 5. The van der Waals surface area contributed by atoms with Crippen LogP contribution in [0.25, 0.3) is 11.5 Å². The first-order chi connectivity index (χ1) is 9.15. The Morgan fingerprint density at radius 1 is 1.42 bits per heavy atom. The van der Waals surface area contributed by atoms with E-state index in [-0.39, 0.29) is 17.7 Å². The van der Waals surface area contributed by atoms with Crippen LogP contribution >= 0.6 is 0 Å². The van der Waals surface area contributed by atoms with Crippen LogP contribution in [0.5, 0.6) is 0 Å². The van der Waals surface area contributed by atoms with Crippen molar-refractivity contribution in [3.05, 3.63) is 24.0 Å². The summed E-state index contributed by atoms with van der Waals surface area (Å²) in [4.78, 5) is 2.08. The summed E-state index contributed by atoms with van der Waals surface area (Å²) in [6.07, 6.45) is 2.20. The predicted molar refractivity (Wildman–Crippen MR) is 70.1 cm³/mol. The molecule has 19 heavy (non-hydrogen) atoms. The Hall–Kier alpha value is -2.11.